The van der Waals surface area contributed by atoms with Crippen LogP contribution >= 0.6 is 0 Å². The first kappa shape index (κ1) is 22.3. The van der Waals surface area contributed by atoms with Gasteiger partial charge >= 0.3 is 6.18 Å². The highest BCUT2D eigenvalue weighted by Crippen LogP contribution is 2.37. The zero-order valence-corrected chi connectivity index (χ0v) is 18.3. The highest BCUT2D eigenvalue weighted by atomic mass is 19.4. The van der Waals surface area contributed by atoms with E-state index in [0.717, 1.165) is 43.0 Å². The molecule has 1 N–H and O–H groups in total. The van der Waals surface area contributed by atoms with Gasteiger partial charge in [0.2, 0.25) is 0 Å². The third-order valence-corrected chi connectivity index (χ3v) is 6.57. The van der Waals surface area contributed by atoms with Gasteiger partial charge in [-0.25, -0.2) is 9.97 Å². The largest absolute Gasteiger partial charge is 0.542 e. The molecule has 5 nitrogen and oxygen atoms in total. The van der Waals surface area contributed by atoms with E-state index in [1.807, 2.05) is 18.4 Å². The topological polar surface area (TPSA) is 71.5 Å². The molecule has 4 aromatic rings. The van der Waals surface area contributed by atoms with Gasteiger partial charge in [-0.05, 0) is 48.6 Å². The first-order chi connectivity index (χ1) is 16.4. The monoisotopic (exact) mass is 463 g/mol. The Morgan fingerprint density at radius 1 is 0.912 bits per heavy atom. The van der Waals surface area contributed by atoms with Crippen LogP contribution in [0.1, 0.15) is 49.3 Å². The van der Waals surface area contributed by atoms with Gasteiger partial charge in [0.25, 0.3) is 0 Å². The summed E-state index contributed by atoms with van der Waals surface area (Å²) in [6.45, 7) is 0. The van der Waals surface area contributed by atoms with E-state index >= 15 is 0 Å². The number of halogens is 3. The second kappa shape index (κ2) is 9.00. The summed E-state index contributed by atoms with van der Waals surface area (Å²) in [4.78, 5) is 26.0. The number of fused-ring (bicyclic) bond motifs is 1. The Kier molecular flexibility index (Phi) is 5.89. The van der Waals surface area contributed by atoms with Gasteiger partial charge in [0, 0.05) is 17.3 Å². The van der Waals surface area contributed by atoms with Crippen molar-refractivity contribution < 1.29 is 18.0 Å². The van der Waals surface area contributed by atoms with Gasteiger partial charge in [-0.2, -0.15) is 13.2 Å². The number of carbonyl (C=O) groups excluding carboxylic acids is 1. The minimum atomic E-state index is -4.51. The van der Waals surface area contributed by atoms with Crippen LogP contribution in [0.15, 0.2) is 54.7 Å². The normalized spacial score (nSPS) is 18.8. The lowest BCUT2D eigenvalue weighted by atomic mass is 9.77. The molecule has 8 heteroatoms. The second-order valence-corrected chi connectivity index (χ2v) is 8.77. The quantitative estimate of drug-likeness (QED) is 0.344. The van der Waals surface area contributed by atoms with Gasteiger partial charge in [0.1, 0.15) is 11.5 Å². The summed E-state index contributed by atoms with van der Waals surface area (Å²) in [7, 11) is 0. The number of pyridine rings is 2. The molecular weight excluding hydrogens is 441 g/mol. The molecule has 0 unspecified atom stereocenters. The van der Waals surface area contributed by atoms with E-state index in [2.05, 4.69) is 44.2 Å². The fraction of sp³-hybridized carbons (Fsp3) is 0.308. The average Bonchev–Trinajstić information content (AvgIpc) is 3.28. The zero-order valence-electron chi connectivity index (χ0n) is 18.3. The molecule has 3 heterocycles. The van der Waals surface area contributed by atoms with E-state index in [1.165, 1.54) is 11.6 Å². The first-order valence-corrected chi connectivity index (χ1v) is 11.3. The number of H-pyrrole nitrogens is 1. The summed E-state index contributed by atoms with van der Waals surface area (Å²) in [5, 5.41) is 0. The maximum atomic E-state index is 12.9. The highest BCUT2D eigenvalue weighted by molar-refractivity contribution is 5.76. The molecule has 0 atom stereocenters. The Bertz CT molecular complexity index is 1290. The number of nitrogens with one attached hydrogen (secondary N) is 1. The number of rotatable bonds is 5. The number of nitrogens with zero attached hydrogens (tertiary/aromatic N) is 3. The molecule has 1 aliphatic rings. The lowest BCUT2D eigenvalue weighted by Crippen LogP contribution is -2.13. The molecule has 1 fully saturated rings. The van der Waals surface area contributed by atoms with Crippen molar-refractivity contribution in [2.24, 2.45) is 5.92 Å². The van der Waals surface area contributed by atoms with Crippen LogP contribution in [0.3, 0.4) is 0 Å². The number of benzene rings is 1. The van der Waals surface area contributed by atoms with Crippen LogP contribution in [-0.4, -0.2) is 26.2 Å². The number of hydrogen-bond acceptors (Lipinski definition) is 4. The number of aromatic nitrogens is 4. The minimum Gasteiger partial charge on any atom is -0.542 e. The molecule has 0 aliphatic heterocycles. The van der Waals surface area contributed by atoms with Crippen LogP contribution in [0.5, 0.6) is 0 Å². The second-order valence-electron chi connectivity index (χ2n) is 8.77. The van der Waals surface area contributed by atoms with E-state index in [-0.39, 0.29) is 5.65 Å². The number of aromatic amines is 1. The van der Waals surface area contributed by atoms with Crippen molar-refractivity contribution in [3.63, 3.8) is 0 Å². The van der Waals surface area contributed by atoms with Gasteiger partial charge in [0.05, 0.1) is 11.2 Å². The standard InChI is InChI=1S/C26H22F3N4O/c27-26(28,29)23-12-11-22-25(32-23)33-24(31-22)20-9-10-21(30-15-20)19-7-5-18(6-8-19)17-3-1-16(2-4-17)13-14-34/h5-12,15-17H,1-4,13H2,(H,31,32,33)/q-1. The molecule has 1 aromatic carbocycles. The molecule has 1 saturated carbocycles. The zero-order chi connectivity index (χ0) is 23.7. The molecule has 1 aliphatic carbocycles. The van der Waals surface area contributed by atoms with Gasteiger partial charge < -0.3 is 9.78 Å². The summed E-state index contributed by atoms with van der Waals surface area (Å²) < 4.78 is 38.7. The van der Waals surface area contributed by atoms with E-state index < -0.39 is 11.9 Å². The maximum Gasteiger partial charge on any atom is 0.433 e. The van der Waals surface area contributed by atoms with Crippen molar-refractivity contribution in [2.45, 2.75) is 44.2 Å². The summed E-state index contributed by atoms with van der Waals surface area (Å²) in [6, 6.07) is 14.4. The Hall–Kier alpha value is -3.55. The molecule has 5 rings (SSSR count). The lowest BCUT2D eigenvalue weighted by Gasteiger charge is -2.29. The predicted molar refractivity (Wildman–Crippen MR) is 123 cm³/mol. The molecule has 0 bridgehead atoms. The van der Waals surface area contributed by atoms with Crippen LogP contribution in [0, 0.1) is 5.92 Å². The van der Waals surface area contributed by atoms with Crippen molar-refractivity contribution in [1.82, 2.24) is 19.9 Å². The lowest BCUT2D eigenvalue weighted by molar-refractivity contribution is -0.141. The van der Waals surface area contributed by atoms with Crippen LogP contribution in [0.2, 0.25) is 0 Å². The average molecular weight is 463 g/mol. The van der Waals surface area contributed by atoms with E-state index in [1.54, 1.807) is 6.20 Å². The Labute approximate surface area is 194 Å². The van der Waals surface area contributed by atoms with E-state index in [4.69, 9.17) is 0 Å². The third kappa shape index (κ3) is 4.58. The van der Waals surface area contributed by atoms with Crippen molar-refractivity contribution in [3.8, 4) is 22.6 Å². The molecule has 0 saturated heterocycles. The number of hydrogen-bond donors (Lipinski definition) is 1. The van der Waals surface area contributed by atoms with E-state index in [9.17, 15) is 18.0 Å². The van der Waals surface area contributed by atoms with Gasteiger partial charge in [-0.1, -0.05) is 43.0 Å². The Balaban J connectivity index is 1.30. The molecule has 0 spiro atoms. The minimum absolute atomic E-state index is 0.0165. The van der Waals surface area contributed by atoms with Crippen LogP contribution in [0.25, 0.3) is 33.8 Å². The smallest absolute Gasteiger partial charge is 0.433 e. The fourth-order valence-corrected chi connectivity index (χ4v) is 4.64. The van der Waals surface area contributed by atoms with Crippen LogP contribution < -0.4 is 0 Å². The molecule has 174 valence electrons. The van der Waals surface area contributed by atoms with Crippen molar-refractivity contribution in [2.75, 3.05) is 0 Å². The Morgan fingerprint density at radius 2 is 1.65 bits per heavy atom. The van der Waals surface area contributed by atoms with Crippen molar-refractivity contribution in [3.05, 3.63) is 66.0 Å². The summed E-state index contributed by atoms with van der Waals surface area (Å²) in [6.07, 6.45) is 4.05. The summed E-state index contributed by atoms with van der Waals surface area (Å²) in [5.41, 5.74) is 3.24. The van der Waals surface area contributed by atoms with E-state index in [0.29, 0.717) is 35.2 Å². The van der Waals surface area contributed by atoms with Crippen LogP contribution in [-0.2, 0) is 11.0 Å². The summed E-state index contributed by atoms with van der Waals surface area (Å²) in [5.74, 6) is 1.41. The van der Waals surface area contributed by atoms with Gasteiger partial charge in [0.15, 0.2) is 5.65 Å². The molecule has 3 aromatic heterocycles. The molecule has 0 radical (unpaired) electrons. The number of alkyl halides is 3. The van der Waals surface area contributed by atoms with Crippen LogP contribution in [0.4, 0.5) is 13.2 Å². The van der Waals surface area contributed by atoms with Crippen molar-refractivity contribution >= 4 is 17.5 Å². The molecule has 34 heavy (non-hydrogen) atoms. The molecule has 0 amide bonds. The number of imidazole rings is 1. The highest BCUT2D eigenvalue weighted by Gasteiger charge is 2.32. The first-order valence-electron chi connectivity index (χ1n) is 11.3. The van der Waals surface area contributed by atoms with Gasteiger partial charge in [-0.3, -0.25) is 11.3 Å². The molecular formula is C26H22F3N4O-. The third-order valence-electron chi connectivity index (χ3n) is 6.57. The maximum absolute atomic E-state index is 12.9. The fourth-order valence-electron chi connectivity index (χ4n) is 4.64. The van der Waals surface area contributed by atoms with Gasteiger partial charge in [-0.15, -0.1) is 6.42 Å². The Morgan fingerprint density at radius 3 is 2.29 bits per heavy atom. The van der Waals surface area contributed by atoms with Crippen molar-refractivity contribution in [1.29, 1.82) is 0 Å². The SMILES string of the molecule is O=[C-]CC1CCC(c2ccc(-c3ccc(-c4nc5nc(C(F)(F)F)ccc5[nH]4)cn3)cc2)CC1. The predicted octanol–water partition coefficient (Wildman–Crippen LogP) is 6.48. The summed E-state index contributed by atoms with van der Waals surface area (Å²) >= 11 is 0.